The Kier molecular flexibility index (Phi) is 5.18. The van der Waals surface area contributed by atoms with Gasteiger partial charge in [0.15, 0.2) is 5.13 Å². The molecule has 0 radical (unpaired) electrons. The number of hydrogen-bond donors (Lipinski definition) is 1. The van der Waals surface area contributed by atoms with Crippen LogP contribution in [0.5, 0.6) is 5.75 Å². The highest BCUT2D eigenvalue weighted by Crippen LogP contribution is 2.32. The number of carbonyl (C=O) groups excluding carboxylic acids is 2. The summed E-state index contributed by atoms with van der Waals surface area (Å²) in [4.78, 5) is 31.3. The molecule has 0 atom stereocenters. The molecule has 6 nitrogen and oxygen atoms in total. The van der Waals surface area contributed by atoms with Crippen LogP contribution in [0.15, 0.2) is 18.2 Å². The number of rotatable bonds is 3. The Bertz CT molecular complexity index is 817. The molecule has 1 saturated heterocycles. The van der Waals surface area contributed by atoms with E-state index >= 15 is 0 Å². The highest BCUT2D eigenvalue weighted by molar-refractivity contribution is 7.22. The molecule has 0 aliphatic carbocycles. The van der Waals surface area contributed by atoms with Gasteiger partial charge in [-0.1, -0.05) is 38.2 Å². The number of hydrogen-bond acceptors (Lipinski definition) is 5. The van der Waals surface area contributed by atoms with Gasteiger partial charge in [0.05, 0.1) is 11.8 Å². The Morgan fingerprint density at radius 2 is 1.96 bits per heavy atom. The normalized spacial score (nSPS) is 15.9. The third-order valence-electron chi connectivity index (χ3n) is 4.63. The molecule has 1 aliphatic rings. The number of para-hydroxylation sites is 1. The van der Waals surface area contributed by atoms with Gasteiger partial charge in [-0.3, -0.25) is 9.59 Å². The van der Waals surface area contributed by atoms with Gasteiger partial charge in [-0.25, -0.2) is 4.98 Å². The van der Waals surface area contributed by atoms with Crippen LogP contribution in [0.4, 0.5) is 5.13 Å². The average Bonchev–Trinajstić information content (AvgIpc) is 3.02. The van der Waals surface area contributed by atoms with Gasteiger partial charge in [0.1, 0.15) is 11.3 Å². The highest BCUT2D eigenvalue weighted by atomic mass is 32.1. The number of amides is 2. The summed E-state index contributed by atoms with van der Waals surface area (Å²) in [6.45, 7) is 7.03. The van der Waals surface area contributed by atoms with E-state index in [0.717, 1.165) is 10.2 Å². The van der Waals surface area contributed by atoms with Crippen LogP contribution in [0, 0.1) is 11.3 Å². The lowest BCUT2D eigenvalue weighted by Crippen LogP contribution is -2.45. The number of thiazole rings is 1. The number of nitrogens with one attached hydrogen (secondary N) is 1. The fraction of sp³-hybridized carbons (Fsp3) is 0.526. The number of ether oxygens (including phenoxy) is 1. The Morgan fingerprint density at radius 3 is 2.58 bits per heavy atom. The van der Waals surface area contributed by atoms with Crippen LogP contribution in [0.1, 0.15) is 33.6 Å². The van der Waals surface area contributed by atoms with E-state index in [1.807, 2.05) is 43.9 Å². The molecule has 0 unspecified atom stereocenters. The summed E-state index contributed by atoms with van der Waals surface area (Å²) in [5.41, 5.74) is 0.385. The molecule has 7 heteroatoms. The Labute approximate surface area is 157 Å². The maximum Gasteiger partial charge on any atom is 0.229 e. The predicted molar refractivity (Wildman–Crippen MR) is 104 cm³/mol. The van der Waals surface area contributed by atoms with E-state index in [2.05, 4.69) is 10.3 Å². The summed E-state index contributed by atoms with van der Waals surface area (Å²) < 4.78 is 6.29. The molecule has 3 rings (SSSR count). The molecule has 2 heterocycles. The molecule has 1 fully saturated rings. The molecule has 26 heavy (non-hydrogen) atoms. The van der Waals surface area contributed by atoms with Crippen molar-refractivity contribution in [3.8, 4) is 5.75 Å². The van der Waals surface area contributed by atoms with Gasteiger partial charge in [-0.2, -0.15) is 0 Å². The molecule has 1 aliphatic heterocycles. The van der Waals surface area contributed by atoms with Crippen molar-refractivity contribution >= 4 is 38.5 Å². The van der Waals surface area contributed by atoms with Crippen LogP contribution in [-0.4, -0.2) is 41.9 Å². The second kappa shape index (κ2) is 7.23. The standard InChI is InChI=1S/C19H25N3O3S/c1-19(2,3)17(24)22-10-8-12(9-11-22)16(23)21-18-20-15-13(25-4)6-5-7-14(15)26-18/h5-7,12H,8-11H2,1-4H3,(H,20,21,23). The first-order valence-electron chi connectivity index (χ1n) is 8.83. The Hall–Kier alpha value is -2.15. The van der Waals surface area contributed by atoms with Crippen molar-refractivity contribution in [2.75, 3.05) is 25.5 Å². The molecule has 140 valence electrons. The minimum Gasteiger partial charge on any atom is -0.494 e. The highest BCUT2D eigenvalue weighted by Gasteiger charge is 2.32. The maximum atomic E-state index is 12.6. The summed E-state index contributed by atoms with van der Waals surface area (Å²) in [6.07, 6.45) is 1.36. The van der Waals surface area contributed by atoms with E-state index in [-0.39, 0.29) is 23.1 Å². The number of anilines is 1. The van der Waals surface area contributed by atoms with Crippen LogP contribution >= 0.6 is 11.3 Å². The SMILES string of the molecule is COc1cccc2sc(NC(=O)C3CCN(C(=O)C(C)(C)C)CC3)nc12. The van der Waals surface area contributed by atoms with E-state index in [0.29, 0.717) is 36.8 Å². The van der Waals surface area contributed by atoms with Gasteiger partial charge < -0.3 is 15.0 Å². The molecule has 0 bridgehead atoms. The summed E-state index contributed by atoms with van der Waals surface area (Å²) in [7, 11) is 1.61. The van der Waals surface area contributed by atoms with E-state index in [4.69, 9.17) is 4.74 Å². The fourth-order valence-corrected chi connectivity index (χ4v) is 4.05. The Balaban J connectivity index is 1.62. The van der Waals surface area contributed by atoms with Crippen molar-refractivity contribution in [1.29, 1.82) is 0 Å². The van der Waals surface area contributed by atoms with Gasteiger partial charge in [0, 0.05) is 24.4 Å². The third kappa shape index (κ3) is 3.82. The third-order valence-corrected chi connectivity index (χ3v) is 5.56. The second-order valence-corrected chi connectivity index (χ2v) is 8.66. The van der Waals surface area contributed by atoms with Crippen molar-refractivity contribution < 1.29 is 14.3 Å². The average molecular weight is 375 g/mol. The van der Waals surface area contributed by atoms with Crippen molar-refractivity contribution in [2.24, 2.45) is 11.3 Å². The van der Waals surface area contributed by atoms with Crippen molar-refractivity contribution in [1.82, 2.24) is 9.88 Å². The topological polar surface area (TPSA) is 71.5 Å². The minimum atomic E-state index is -0.380. The summed E-state index contributed by atoms with van der Waals surface area (Å²) in [6, 6.07) is 5.73. The molecule has 0 spiro atoms. The Morgan fingerprint density at radius 1 is 1.27 bits per heavy atom. The summed E-state index contributed by atoms with van der Waals surface area (Å²) in [5, 5.41) is 3.52. The van der Waals surface area contributed by atoms with Gasteiger partial charge in [0.25, 0.3) is 0 Å². The molecule has 2 amide bonds. The minimum absolute atomic E-state index is 0.0223. The summed E-state index contributed by atoms with van der Waals surface area (Å²) in [5.74, 6) is 0.738. The first-order chi connectivity index (χ1) is 12.3. The van der Waals surface area contributed by atoms with Gasteiger partial charge in [-0.15, -0.1) is 0 Å². The molecule has 1 aromatic carbocycles. The number of benzene rings is 1. The number of carbonyl (C=O) groups is 2. The maximum absolute atomic E-state index is 12.6. The van der Waals surface area contributed by atoms with Crippen molar-refractivity contribution in [3.05, 3.63) is 18.2 Å². The number of aromatic nitrogens is 1. The van der Waals surface area contributed by atoms with E-state index < -0.39 is 0 Å². The van der Waals surface area contributed by atoms with Gasteiger partial charge in [-0.05, 0) is 25.0 Å². The van der Waals surface area contributed by atoms with Crippen LogP contribution in [-0.2, 0) is 9.59 Å². The smallest absolute Gasteiger partial charge is 0.229 e. The molecular weight excluding hydrogens is 350 g/mol. The van der Waals surface area contributed by atoms with Gasteiger partial charge in [0.2, 0.25) is 11.8 Å². The van der Waals surface area contributed by atoms with Crippen LogP contribution in [0.2, 0.25) is 0 Å². The molecule has 1 aromatic heterocycles. The number of likely N-dealkylation sites (tertiary alicyclic amines) is 1. The van der Waals surface area contributed by atoms with E-state index in [9.17, 15) is 9.59 Å². The zero-order valence-corrected chi connectivity index (χ0v) is 16.5. The number of methoxy groups -OCH3 is 1. The molecule has 1 N–H and O–H groups in total. The van der Waals surface area contributed by atoms with Crippen molar-refractivity contribution in [3.63, 3.8) is 0 Å². The van der Waals surface area contributed by atoms with E-state index in [1.165, 1.54) is 11.3 Å². The molecular formula is C19H25N3O3S. The predicted octanol–water partition coefficient (Wildman–Crippen LogP) is 3.53. The van der Waals surface area contributed by atoms with Crippen LogP contribution < -0.4 is 10.1 Å². The lowest BCUT2D eigenvalue weighted by molar-refractivity contribution is -0.142. The molecule has 0 saturated carbocycles. The first kappa shape index (κ1) is 18.6. The van der Waals surface area contributed by atoms with Gasteiger partial charge >= 0.3 is 0 Å². The summed E-state index contributed by atoms with van der Waals surface area (Å²) >= 11 is 1.44. The van der Waals surface area contributed by atoms with Crippen LogP contribution in [0.25, 0.3) is 10.2 Å². The van der Waals surface area contributed by atoms with Crippen LogP contribution in [0.3, 0.4) is 0 Å². The lowest BCUT2D eigenvalue weighted by atomic mass is 9.91. The number of piperidine rings is 1. The zero-order chi connectivity index (χ0) is 18.9. The number of fused-ring (bicyclic) bond motifs is 1. The zero-order valence-electron chi connectivity index (χ0n) is 15.7. The van der Waals surface area contributed by atoms with Crippen molar-refractivity contribution in [2.45, 2.75) is 33.6 Å². The monoisotopic (exact) mass is 375 g/mol. The van der Waals surface area contributed by atoms with E-state index in [1.54, 1.807) is 7.11 Å². The quantitative estimate of drug-likeness (QED) is 0.891. The lowest BCUT2D eigenvalue weighted by Gasteiger charge is -2.35. The first-order valence-corrected chi connectivity index (χ1v) is 9.65. The second-order valence-electron chi connectivity index (χ2n) is 7.63. The fourth-order valence-electron chi connectivity index (χ4n) is 3.17. The largest absolute Gasteiger partial charge is 0.494 e. The molecule has 2 aromatic rings. The number of nitrogens with zero attached hydrogens (tertiary/aromatic N) is 2.